The molecule has 0 saturated carbocycles. The summed E-state index contributed by atoms with van der Waals surface area (Å²) in [6.45, 7) is 5.74. The van der Waals surface area contributed by atoms with Crippen molar-refractivity contribution in [2.45, 2.75) is 13.3 Å². The van der Waals surface area contributed by atoms with E-state index in [2.05, 4.69) is 57.4 Å². The maximum Gasteiger partial charge on any atom is 0.227 e. The molecule has 6 heteroatoms. The van der Waals surface area contributed by atoms with Crippen LogP contribution in [0.2, 0.25) is 5.02 Å². The van der Waals surface area contributed by atoms with E-state index in [0.717, 1.165) is 55.1 Å². The van der Waals surface area contributed by atoms with Gasteiger partial charge in [0, 0.05) is 48.8 Å². The van der Waals surface area contributed by atoms with Crippen LogP contribution in [0.3, 0.4) is 0 Å². The molecule has 2 aromatic carbocycles. The minimum absolute atomic E-state index is 0.765. The van der Waals surface area contributed by atoms with Gasteiger partial charge in [-0.05, 0) is 48.4 Å². The van der Waals surface area contributed by atoms with Gasteiger partial charge in [0.25, 0.3) is 0 Å². The molecule has 0 aliphatic carbocycles. The highest BCUT2D eigenvalue weighted by Crippen LogP contribution is 2.23. The summed E-state index contributed by atoms with van der Waals surface area (Å²) in [4.78, 5) is 13.8. The molecule has 1 aliphatic heterocycles. The molecule has 1 aliphatic rings. The summed E-state index contributed by atoms with van der Waals surface area (Å²) in [7, 11) is 0. The van der Waals surface area contributed by atoms with Crippen LogP contribution in [0, 0.1) is 0 Å². The van der Waals surface area contributed by atoms with E-state index in [-0.39, 0.29) is 0 Å². The Morgan fingerprint density at radius 2 is 1.71 bits per heavy atom. The van der Waals surface area contributed by atoms with E-state index in [1.165, 1.54) is 11.3 Å². The number of nitrogens with zero attached hydrogens (tertiary/aromatic N) is 4. The van der Waals surface area contributed by atoms with Crippen LogP contribution >= 0.6 is 11.6 Å². The molecule has 1 N–H and O–H groups in total. The second-order valence-electron chi connectivity index (χ2n) is 6.87. The normalized spacial score (nSPS) is 14.2. The number of hydrogen-bond donors (Lipinski definition) is 1. The zero-order valence-corrected chi connectivity index (χ0v) is 16.7. The third kappa shape index (κ3) is 4.37. The van der Waals surface area contributed by atoms with Crippen molar-refractivity contribution in [3.8, 4) is 0 Å². The lowest BCUT2D eigenvalue weighted by Gasteiger charge is -2.36. The summed E-state index contributed by atoms with van der Waals surface area (Å²) < 4.78 is 0. The highest BCUT2D eigenvalue weighted by atomic mass is 35.5. The number of nitrogens with one attached hydrogen (secondary N) is 1. The highest BCUT2D eigenvalue weighted by Gasteiger charge is 2.19. The summed E-state index contributed by atoms with van der Waals surface area (Å²) in [6, 6.07) is 18.4. The number of rotatable bonds is 5. The predicted octanol–water partition coefficient (Wildman–Crippen LogP) is 4.76. The van der Waals surface area contributed by atoms with Crippen molar-refractivity contribution in [2.24, 2.45) is 0 Å². The second-order valence-corrected chi connectivity index (χ2v) is 7.31. The van der Waals surface area contributed by atoms with Crippen LogP contribution in [0.25, 0.3) is 0 Å². The van der Waals surface area contributed by atoms with Crippen molar-refractivity contribution >= 4 is 34.7 Å². The van der Waals surface area contributed by atoms with E-state index in [0.29, 0.717) is 0 Å². The maximum atomic E-state index is 6.13. The Hall–Kier alpha value is -2.79. The molecule has 0 atom stereocenters. The Balaban J connectivity index is 1.40. The minimum atomic E-state index is 0.765. The number of hydrogen-bond acceptors (Lipinski definition) is 5. The molecule has 28 heavy (non-hydrogen) atoms. The summed E-state index contributed by atoms with van der Waals surface area (Å²) in [5, 5.41) is 4.14. The number of halogens is 1. The topological polar surface area (TPSA) is 44.3 Å². The van der Waals surface area contributed by atoms with Crippen LogP contribution in [0.5, 0.6) is 0 Å². The first kappa shape index (κ1) is 18.6. The smallest absolute Gasteiger partial charge is 0.227 e. The molecule has 5 nitrogen and oxygen atoms in total. The Morgan fingerprint density at radius 1 is 0.964 bits per heavy atom. The second kappa shape index (κ2) is 8.48. The van der Waals surface area contributed by atoms with Gasteiger partial charge in [0.15, 0.2) is 0 Å². The minimum Gasteiger partial charge on any atom is -0.368 e. The number of aromatic nitrogens is 2. The molecule has 0 bridgehead atoms. The Labute approximate surface area is 171 Å². The molecule has 1 aromatic heterocycles. The lowest BCUT2D eigenvalue weighted by Crippen LogP contribution is -2.47. The Bertz CT molecular complexity index is 920. The van der Waals surface area contributed by atoms with Gasteiger partial charge in [-0.1, -0.05) is 36.7 Å². The van der Waals surface area contributed by atoms with E-state index in [1.54, 1.807) is 0 Å². The molecule has 0 unspecified atom stereocenters. The predicted molar refractivity (Wildman–Crippen MR) is 117 cm³/mol. The van der Waals surface area contributed by atoms with E-state index < -0.39 is 0 Å². The molecule has 2 heterocycles. The molecule has 0 radical (unpaired) electrons. The standard InChI is InChI=1S/C22H24ClN5/c1-2-17-6-8-19(9-7-17)25-21-10-11-24-22(26-21)28-14-12-27(13-15-28)20-5-3-4-18(23)16-20/h3-11,16H,2,12-15H2,1H3,(H,24,25,26). The van der Waals surface area contributed by atoms with Crippen molar-refractivity contribution in [3.05, 3.63) is 71.4 Å². The Morgan fingerprint density at radius 3 is 2.43 bits per heavy atom. The number of anilines is 4. The van der Waals surface area contributed by atoms with E-state index in [9.17, 15) is 0 Å². The molecule has 144 valence electrons. The van der Waals surface area contributed by atoms with Crippen molar-refractivity contribution in [1.29, 1.82) is 0 Å². The van der Waals surface area contributed by atoms with Crippen LogP contribution in [0.4, 0.5) is 23.1 Å². The fraction of sp³-hybridized carbons (Fsp3) is 0.273. The summed E-state index contributed by atoms with van der Waals surface area (Å²) >= 11 is 6.13. The fourth-order valence-corrected chi connectivity index (χ4v) is 3.56. The van der Waals surface area contributed by atoms with E-state index in [1.807, 2.05) is 30.5 Å². The average molecular weight is 394 g/mol. The quantitative estimate of drug-likeness (QED) is 0.676. The zero-order valence-electron chi connectivity index (χ0n) is 16.0. The molecule has 3 aromatic rings. The van der Waals surface area contributed by atoms with Gasteiger partial charge in [-0.15, -0.1) is 0 Å². The molecule has 4 rings (SSSR count). The van der Waals surface area contributed by atoms with Gasteiger partial charge in [0.1, 0.15) is 5.82 Å². The molecule has 1 saturated heterocycles. The van der Waals surface area contributed by atoms with Crippen molar-refractivity contribution in [3.63, 3.8) is 0 Å². The zero-order chi connectivity index (χ0) is 19.3. The van der Waals surface area contributed by atoms with Gasteiger partial charge in [0.05, 0.1) is 0 Å². The summed E-state index contributed by atoms with van der Waals surface area (Å²) in [5.74, 6) is 1.58. The summed E-state index contributed by atoms with van der Waals surface area (Å²) in [6.07, 6.45) is 2.85. The van der Waals surface area contributed by atoms with Gasteiger partial charge >= 0.3 is 0 Å². The van der Waals surface area contributed by atoms with Gasteiger partial charge in [-0.25, -0.2) is 4.98 Å². The van der Waals surface area contributed by atoms with Gasteiger partial charge in [-0.2, -0.15) is 4.98 Å². The van der Waals surface area contributed by atoms with Crippen LogP contribution in [0.1, 0.15) is 12.5 Å². The number of aryl methyl sites for hydroxylation is 1. The van der Waals surface area contributed by atoms with Crippen molar-refractivity contribution in [1.82, 2.24) is 9.97 Å². The first-order valence-corrected chi connectivity index (χ1v) is 10.0. The Kier molecular flexibility index (Phi) is 5.63. The largest absolute Gasteiger partial charge is 0.368 e. The van der Waals surface area contributed by atoms with Gasteiger partial charge in [-0.3, -0.25) is 0 Å². The summed E-state index contributed by atoms with van der Waals surface area (Å²) in [5.41, 5.74) is 3.53. The molecule has 1 fully saturated rings. The van der Waals surface area contributed by atoms with Crippen LogP contribution in [-0.4, -0.2) is 36.1 Å². The molecular weight excluding hydrogens is 370 g/mol. The third-order valence-electron chi connectivity index (χ3n) is 5.01. The first-order valence-electron chi connectivity index (χ1n) is 9.66. The molecular formula is C22H24ClN5. The highest BCUT2D eigenvalue weighted by molar-refractivity contribution is 6.30. The molecule has 0 spiro atoms. The van der Waals surface area contributed by atoms with Crippen LogP contribution in [-0.2, 0) is 6.42 Å². The number of piperazine rings is 1. The monoisotopic (exact) mass is 393 g/mol. The lowest BCUT2D eigenvalue weighted by atomic mass is 10.1. The molecule has 0 amide bonds. The third-order valence-corrected chi connectivity index (χ3v) is 5.25. The average Bonchev–Trinajstić information content (AvgIpc) is 2.75. The first-order chi connectivity index (χ1) is 13.7. The van der Waals surface area contributed by atoms with Crippen molar-refractivity contribution < 1.29 is 0 Å². The SMILES string of the molecule is CCc1ccc(Nc2ccnc(N3CCN(c4cccc(Cl)c4)CC3)n2)cc1. The van der Waals surface area contributed by atoms with Gasteiger partial charge in [0.2, 0.25) is 5.95 Å². The van der Waals surface area contributed by atoms with Crippen LogP contribution < -0.4 is 15.1 Å². The van der Waals surface area contributed by atoms with Crippen LogP contribution in [0.15, 0.2) is 60.8 Å². The lowest BCUT2D eigenvalue weighted by molar-refractivity contribution is 0.640. The van der Waals surface area contributed by atoms with Gasteiger partial charge < -0.3 is 15.1 Å². The maximum absolute atomic E-state index is 6.13. The van der Waals surface area contributed by atoms with E-state index in [4.69, 9.17) is 16.6 Å². The van der Waals surface area contributed by atoms with Crippen molar-refractivity contribution in [2.75, 3.05) is 41.3 Å². The van der Waals surface area contributed by atoms with E-state index >= 15 is 0 Å². The number of benzene rings is 2. The fourth-order valence-electron chi connectivity index (χ4n) is 3.38.